The van der Waals surface area contributed by atoms with Crippen LogP contribution in [0.3, 0.4) is 0 Å². The number of hydrogen-bond acceptors (Lipinski definition) is 4. The van der Waals surface area contributed by atoms with Crippen LogP contribution >= 0.6 is 23.4 Å². The molecular formula is C16H11ClFNO3S. The van der Waals surface area contributed by atoms with Crippen LogP contribution in [0, 0.1) is 12.7 Å². The molecule has 1 fully saturated rings. The Morgan fingerprint density at radius 3 is 2.74 bits per heavy atom. The SMILES string of the molecule is Cc1ccc(/C=C2/SC(=O)N(Cc3c(F)cccc3Cl)C2=O)o1. The van der Waals surface area contributed by atoms with E-state index in [4.69, 9.17) is 16.0 Å². The standard InChI is InChI=1S/C16H11ClFNO3S/c1-9-5-6-10(22-9)7-14-15(20)19(16(21)23-14)8-11-12(17)3-2-4-13(11)18/h2-7H,8H2,1H3/b14-7+. The molecule has 2 amide bonds. The summed E-state index contributed by atoms with van der Waals surface area (Å²) in [6.45, 7) is 1.58. The maximum atomic E-state index is 13.8. The zero-order valence-electron chi connectivity index (χ0n) is 12.0. The number of carbonyl (C=O) groups is 2. The molecule has 7 heteroatoms. The summed E-state index contributed by atoms with van der Waals surface area (Å²) >= 11 is 6.74. The fourth-order valence-electron chi connectivity index (χ4n) is 2.14. The number of aryl methyl sites for hydroxylation is 1. The minimum atomic E-state index is -0.554. The Labute approximate surface area is 140 Å². The van der Waals surface area contributed by atoms with Crippen molar-refractivity contribution in [3.63, 3.8) is 0 Å². The molecule has 0 aliphatic carbocycles. The molecule has 1 aromatic heterocycles. The van der Waals surface area contributed by atoms with E-state index in [1.54, 1.807) is 19.1 Å². The third-order valence-electron chi connectivity index (χ3n) is 3.29. The molecule has 3 rings (SSSR count). The molecule has 1 aliphatic rings. The minimum absolute atomic E-state index is 0.117. The van der Waals surface area contributed by atoms with Gasteiger partial charge in [-0.2, -0.15) is 0 Å². The summed E-state index contributed by atoms with van der Waals surface area (Å²) in [6, 6.07) is 7.68. The van der Waals surface area contributed by atoms with Crippen molar-refractivity contribution in [3.8, 4) is 0 Å². The first-order chi connectivity index (χ1) is 11.0. The highest BCUT2D eigenvalue weighted by Gasteiger charge is 2.36. The number of benzene rings is 1. The Hall–Kier alpha value is -2.05. The van der Waals surface area contributed by atoms with E-state index < -0.39 is 17.0 Å². The van der Waals surface area contributed by atoms with Gasteiger partial charge in [-0.05, 0) is 43.0 Å². The van der Waals surface area contributed by atoms with Crippen molar-refractivity contribution in [2.24, 2.45) is 0 Å². The van der Waals surface area contributed by atoms with Crippen molar-refractivity contribution >= 4 is 40.6 Å². The van der Waals surface area contributed by atoms with Gasteiger partial charge >= 0.3 is 0 Å². The second-order valence-electron chi connectivity index (χ2n) is 4.92. The largest absolute Gasteiger partial charge is 0.462 e. The van der Waals surface area contributed by atoms with Crippen molar-refractivity contribution in [2.75, 3.05) is 0 Å². The maximum Gasteiger partial charge on any atom is 0.293 e. The van der Waals surface area contributed by atoms with Gasteiger partial charge in [0.15, 0.2) is 0 Å². The van der Waals surface area contributed by atoms with E-state index in [0.29, 0.717) is 11.5 Å². The number of carbonyl (C=O) groups excluding carboxylic acids is 2. The number of thioether (sulfide) groups is 1. The molecule has 4 nitrogen and oxygen atoms in total. The van der Waals surface area contributed by atoms with Gasteiger partial charge in [-0.3, -0.25) is 14.5 Å². The van der Waals surface area contributed by atoms with Gasteiger partial charge in [0.05, 0.1) is 11.4 Å². The van der Waals surface area contributed by atoms with Crippen LogP contribution in [0.2, 0.25) is 5.02 Å². The first kappa shape index (κ1) is 15.8. The molecular weight excluding hydrogens is 341 g/mol. The van der Waals surface area contributed by atoms with E-state index in [2.05, 4.69) is 0 Å². The van der Waals surface area contributed by atoms with Crippen LogP contribution in [0.5, 0.6) is 0 Å². The molecule has 2 heterocycles. The summed E-state index contributed by atoms with van der Waals surface area (Å²) < 4.78 is 19.2. The number of imide groups is 1. The van der Waals surface area contributed by atoms with E-state index in [1.807, 2.05) is 0 Å². The van der Waals surface area contributed by atoms with Crippen molar-refractivity contribution < 1.29 is 18.4 Å². The van der Waals surface area contributed by atoms with Gasteiger partial charge in [-0.25, -0.2) is 4.39 Å². The number of rotatable bonds is 3. The van der Waals surface area contributed by atoms with Crippen LogP contribution in [0.4, 0.5) is 9.18 Å². The highest BCUT2D eigenvalue weighted by Crippen LogP contribution is 2.34. The summed E-state index contributed by atoms with van der Waals surface area (Å²) in [6.07, 6.45) is 1.50. The molecule has 0 radical (unpaired) electrons. The van der Waals surface area contributed by atoms with Gasteiger partial charge in [-0.1, -0.05) is 17.7 Å². The van der Waals surface area contributed by atoms with Crippen molar-refractivity contribution in [3.05, 3.63) is 63.2 Å². The molecule has 0 atom stereocenters. The van der Waals surface area contributed by atoms with E-state index in [-0.39, 0.29) is 22.0 Å². The van der Waals surface area contributed by atoms with Crippen LogP contribution in [-0.4, -0.2) is 16.0 Å². The van der Waals surface area contributed by atoms with Crippen LogP contribution < -0.4 is 0 Å². The number of hydrogen-bond donors (Lipinski definition) is 0. The number of furan rings is 1. The predicted octanol–water partition coefficient (Wildman–Crippen LogP) is 4.62. The van der Waals surface area contributed by atoms with Crippen LogP contribution in [-0.2, 0) is 11.3 Å². The number of nitrogens with zero attached hydrogens (tertiary/aromatic N) is 1. The van der Waals surface area contributed by atoms with Crippen LogP contribution in [0.1, 0.15) is 17.1 Å². The fourth-order valence-corrected chi connectivity index (χ4v) is 3.18. The van der Waals surface area contributed by atoms with E-state index in [9.17, 15) is 14.0 Å². The van der Waals surface area contributed by atoms with Crippen molar-refractivity contribution in [1.29, 1.82) is 0 Å². The zero-order chi connectivity index (χ0) is 16.6. The van der Waals surface area contributed by atoms with E-state index in [0.717, 1.165) is 16.7 Å². The normalized spacial score (nSPS) is 16.7. The Bertz CT molecular complexity index is 810. The first-order valence-corrected chi connectivity index (χ1v) is 7.90. The molecule has 0 unspecified atom stereocenters. The number of halogens is 2. The summed E-state index contributed by atoms with van der Waals surface area (Å²) in [4.78, 5) is 25.6. The average molecular weight is 352 g/mol. The Kier molecular flexibility index (Phi) is 4.28. The molecule has 0 spiro atoms. The van der Waals surface area contributed by atoms with Gasteiger partial charge < -0.3 is 4.42 Å². The zero-order valence-corrected chi connectivity index (χ0v) is 13.6. The molecule has 1 aliphatic heterocycles. The van der Waals surface area contributed by atoms with Crippen LogP contribution in [0.25, 0.3) is 6.08 Å². The quantitative estimate of drug-likeness (QED) is 0.757. The smallest absolute Gasteiger partial charge is 0.293 e. The second-order valence-corrected chi connectivity index (χ2v) is 6.32. The Morgan fingerprint density at radius 2 is 2.09 bits per heavy atom. The summed E-state index contributed by atoms with van der Waals surface area (Å²) in [5.74, 6) is 0.140. The summed E-state index contributed by atoms with van der Waals surface area (Å²) in [7, 11) is 0. The third kappa shape index (κ3) is 3.18. The highest BCUT2D eigenvalue weighted by molar-refractivity contribution is 8.18. The monoisotopic (exact) mass is 351 g/mol. The average Bonchev–Trinajstić information content (AvgIpc) is 3.01. The maximum absolute atomic E-state index is 13.8. The molecule has 0 bridgehead atoms. The number of amides is 2. The van der Waals surface area contributed by atoms with Gasteiger partial charge in [0.1, 0.15) is 17.3 Å². The Balaban J connectivity index is 1.86. The van der Waals surface area contributed by atoms with Gasteiger partial charge in [0.25, 0.3) is 11.1 Å². The third-order valence-corrected chi connectivity index (χ3v) is 4.55. The molecule has 0 saturated carbocycles. The highest BCUT2D eigenvalue weighted by atomic mass is 35.5. The van der Waals surface area contributed by atoms with E-state index in [1.165, 1.54) is 24.3 Å². The molecule has 1 aromatic carbocycles. The van der Waals surface area contributed by atoms with Crippen molar-refractivity contribution in [2.45, 2.75) is 13.5 Å². The molecule has 2 aromatic rings. The summed E-state index contributed by atoms with van der Waals surface area (Å²) in [5.41, 5.74) is 0.117. The topological polar surface area (TPSA) is 50.5 Å². The van der Waals surface area contributed by atoms with Gasteiger partial charge in [0.2, 0.25) is 0 Å². The van der Waals surface area contributed by atoms with Crippen LogP contribution in [0.15, 0.2) is 39.7 Å². The lowest BCUT2D eigenvalue weighted by Crippen LogP contribution is -2.28. The van der Waals surface area contributed by atoms with Gasteiger partial charge in [0, 0.05) is 16.7 Å². The van der Waals surface area contributed by atoms with E-state index >= 15 is 0 Å². The predicted molar refractivity (Wildman–Crippen MR) is 86.4 cm³/mol. The van der Waals surface area contributed by atoms with Gasteiger partial charge in [-0.15, -0.1) is 0 Å². The molecule has 118 valence electrons. The molecule has 0 N–H and O–H groups in total. The molecule has 1 saturated heterocycles. The second kappa shape index (κ2) is 6.22. The van der Waals surface area contributed by atoms with Crippen molar-refractivity contribution in [1.82, 2.24) is 4.90 Å². The Morgan fingerprint density at radius 1 is 1.30 bits per heavy atom. The summed E-state index contributed by atoms with van der Waals surface area (Å²) in [5, 5.41) is -0.293. The fraction of sp³-hybridized carbons (Fsp3) is 0.125. The first-order valence-electron chi connectivity index (χ1n) is 6.70. The lowest BCUT2D eigenvalue weighted by atomic mass is 10.2. The minimum Gasteiger partial charge on any atom is -0.462 e. The lowest BCUT2D eigenvalue weighted by Gasteiger charge is -2.14. The molecule has 23 heavy (non-hydrogen) atoms. The lowest BCUT2D eigenvalue weighted by molar-refractivity contribution is -0.123.